The summed E-state index contributed by atoms with van der Waals surface area (Å²) in [4.78, 5) is 53.0. The van der Waals surface area contributed by atoms with E-state index in [-0.39, 0.29) is 13.1 Å². The number of amides is 4. The zero-order valence-electron chi connectivity index (χ0n) is 21.9. The third kappa shape index (κ3) is 8.82. The Kier molecular flexibility index (Phi) is 10.7. The molecule has 0 aliphatic heterocycles. The normalized spacial score (nSPS) is 12.3. The van der Waals surface area contributed by atoms with E-state index in [0.29, 0.717) is 11.1 Å². The van der Waals surface area contributed by atoms with E-state index in [4.69, 9.17) is 16.9 Å². The Balaban J connectivity index is 2.50. The number of rotatable bonds is 11. The largest absolute Gasteiger partial charge is 0.444 e. The second-order valence-corrected chi connectivity index (χ2v) is 9.49. The molecule has 2 aromatic rings. The monoisotopic (exact) mass is 518 g/mol. The van der Waals surface area contributed by atoms with Crippen LogP contribution in [0.5, 0.6) is 0 Å². The molecule has 2 rings (SSSR count). The lowest BCUT2D eigenvalue weighted by molar-refractivity contribution is -0.142. The van der Waals surface area contributed by atoms with Crippen LogP contribution in [-0.4, -0.2) is 46.9 Å². The highest BCUT2D eigenvalue weighted by molar-refractivity contribution is 5.94. The van der Waals surface area contributed by atoms with Crippen molar-refractivity contribution < 1.29 is 23.9 Å². The van der Waals surface area contributed by atoms with Crippen LogP contribution in [-0.2, 0) is 25.7 Å². The third-order valence-corrected chi connectivity index (χ3v) is 5.28. The number of hydrogen-bond acceptors (Lipinski definition) is 5. The van der Waals surface area contributed by atoms with Crippen molar-refractivity contribution in [2.75, 3.05) is 6.54 Å². The van der Waals surface area contributed by atoms with E-state index in [9.17, 15) is 19.2 Å². The van der Waals surface area contributed by atoms with Gasteiger partial charge in [-0.15, -0.1) is 13.0 Å². The van der Waals surface area contributed by atoms with Gasteiger partial charge in [0.25, 0.3) is 0 Å². The van der Waals surface area contributed by atoms with Gasteiger partial charge in [-0.25, -0.2) is 4.79 Å². The van der Waals surface area contributed by atoms with Crippen molar-refractivity contribution in [3.05, 3.63) is 83.9 Å². The molecule has 2 aromatic carbocycles. The standard InChI is InChI=1S/C29H34N4O5/c1-6-17-33(27(36)23(18-24(30)34)32-28(37)38-29(3,4)5)25(22-16-12-11-15-21(22)7-2)26(35)31-19-20-13-9-8-10-14-20/h2,6,8-16,23,25H,1,17-19H2,3-5H3,(H2,30,34)(H,31,35)(H,32,37). The molecule has 0 spiro atoms. The molecule has 2 atom stereocenters. The maximum absolute atomic E-state index is 13.8. The molecule has 4 N–H and O–H groups in total. The molecule has 9 nitrogen and oxygen atoms in total. The summed E-state index contributed by atoms with van der Waals surface area (Å²) < 4.78 is 5.26. The summed E-state index contributed by atoms with van der Waals surface area (Å²) in [7, 11) is 0. The number of carbonyl (C=O) groups is 4. The van der Waals surface area contributed by atoms with Crippen LogP contribution in [0.1, 0.15) is 49.9 Å². The number of hydrogen-bond donors (Lipinski definition) is 3. The molecule has 0 heterocycles. The van der Waals surface area contributed by atoms with Gasteiger partial charge in [0.05, 0.1) is 6.42 Å². The summed E-state index contributed by atoms with van der Waals surface area (Å²) >= 11 is 0. The van der Waals surface area contributed by atoms with Crippen molar-refractivity contribution in [1.29, 1.82) is 0 Å². The molecule has 0 bridgehead atoms. The van der Waals surface area contributed by atoms with E-state index in [1.807, 2.05) is 30.3 Å². The summed E-state index contributed by atoms with van der Waals surface area (Å²) in [6, 6.07) is 13.4. The van der Waals surface area contributed by atoms with Gasteiger partial charge in [0.15, 0.2) is 0 Å². The van der Waals surface area contributed by atoms with Gasteiger partial charge in [-0.05, 0) is 38.0 Å². The maximum Gasteiger partial charge on any atom is 0.408 e. The second kappa shape index (κ2) is 13.7. The van der Waals surface area contributed by atoms with Crippen LogP contribution in [0.4, 0.5) is 4.79 Å². The first-order chi connectivity index (χ1) is 18.0. The van der Waals surface area contributed by atoms with Crippen LogP contribution in [0.15, 0.2) is 67.3 Å². The smallest absolute Gasteiger partial charge is 0.408 e. The lowest BCUT2D eigenvalue weighted by Crippen LogP contribution is -2.54. The second-order valence-electron chi connectivity index (χ2n) is 9.49. The molecule has 2 unspecified atom stereocenters. The van der Waals surface area contributed by atoms with Gasteiger partial charge < -0.3 is 26.0 Å². The van der Waals surface area contributed by atoms with Crippen molar-refractivity contribution in [2.45, 2.75) is 51.4 Å². The van der Waals surface area contributed by atoms with Gasteiger partial charge in [-0.3, -0.25) is 14.4 Å². The Morgan fingerprint density at radius 3 is 2.32 bits per heavy atom. The van der Waals surface area contributed by atoms with E-state index < -0.39 is 47.9 Å². The van der Waals surface area contributed by atoms with E-state index in [1.165, 1.54) is 11.0 Å². The van der Waals surface area contributed by atoms with Crippen molar-refractivity contribution >= 4 is 23.8 Å². The van der Waals surface area contributed by atoms with Crippen LogP contribution in [0.3, 0.4) is 0 Å². The van der Waals surface area contributed by atoms with Crippen LogP contribution in [0.2, 0.25) is 0 Å². The fourth-order valence-electron chi connectivity index (χ4n) is 3.71. The molecule has 9 heteroatoms. The molecule has 0 aromatic heterocycles. The Morgan fingerprint density at radius 1 is 1.11 bits per heavy atom. The van der Waals surface area contributed by atoms with Gasteiger partial charge in [0.1, 0.15) is 17.7 Å². The molecule has 0 aliphatic rings. The summed E-state index contributed by atoms with van der Waals surface area (Å²) in [6.45, 7) is 8.80. The Hall–Kier alpha value is -4.58. The Bertz CT molecular complexity index is 1200. The van der Waals surface area contributed by atoms with Crippen molar-refractivity contribution in [1.82, 2.24) is 15.5 Å². The highest BCUT2D eigenvalue weighted by Gasteiger charge is 2.37. The summed E-state index contributed by atoms with van der Waals surface area (Å²) in [6.07, 6.45) is 5.72. The van der Waals surface area contributed by atoms with Gasteiger partial charge in [-0.1, -0.05) is 60.5 Å². The van der Waals surface area contributed by atoms with Gasteiger partial charge in [-0.2, -0.15) is 0 Å². The zero-order valence-corrected chi connectivity index (χ0v) is 21.9. The molecular weight excluding hydrogens is 484 g/mol. The average Bonchev–Trinajstić information content (AvgIpc) is 2.86. The topological polar surface area (TPSA) is 131 Å². The van der Waals surface area contributed by atoms with Gasteiger partial charge >= 0.3 is 6.09 Å². The molecule has 0 radical (unpaired) electrons. The fraction of sp³-hybridized carbons (Fsp3) is 0.310. The van der Waals surface area contributed by atoms with Crippen molar-refractivity contribution in [2.24, 2.45) is 5.73 Å². The number of ether oxygens (including phenoxy) is 1. The van der Waals surface area contributed by atoms with Gasteiger partial charge in [0, 0.05) is 18.7 Å². The zero-order chi connectivity index (χ0) is 28.3. The van der Waals surface area contributed by atoms with Gasteiger partial charge in [0.2, 0.25) is 17.7 Å². The third-order valence-electron chi connectivity index (χ3n) is 5.28. The lowest BCUT2D eigenvalue weighted by Gasteiger charge is -2.34. The van der Waals surface area contributed by atoms with E-state index >= 15 is 0 Å². The molecule has 4 amide bonds. The Labute approximate surface area is 223 Å². The minimum atomic E-state index is -1.40. The summed E-state index contributed by atoms with van der Waals surface area (Å²) in [5, 5.41) is 5.27. The highest BCUT2D eigenvalue weighted by Crippen LogP contribution is 2.26. The molecule has 0 saturated carbocycles. The molecule has 38 heavy (non-hydrogen) atoms. The summed E-state index contributed by atoms with van der Waals surface area (Å²) in [5.41, 5.74) is 6.18. The fourth-order valence-corrected chi connectivity index (χ4v) is 3.71. The molecule has 200 valence electrons. The number of nitrogens with zero attached hydrogens (tertiary/aromatic N) is 1. The maximum atomic E-state index is 13.8. The first-order valence-corrected chi connectivity index (χ1v) is 12.0. The average molecular weight is 519 g/mol. The predicted molar refractivity (Wildman–Crippen MR) is 144 cm³/mol. The van der Waals surface area contributed by atoms with Crippen LogP contribution in [0.25, 0.3) is 0 Å². The van der Waals surface area contributed by atoms with Crippen LogP contribution in [0, 0.1) is 12.3 Å². The minimum Gasteiger partial charge on any atom is -0.444 e. The predicted octanol–water partition coefficient (Wildman–Crippen LogP) is 2.81. The van der Waals surface area contributed by atoms with Crippen LogP contribution >= 0.6 is 0 Å². The molecule has 0 saturated heterocycles. The minimum absolute atomic E-state index is 0.0909. The molecule has 0 fully saturated rings. The first kappa shape index (κ1) is 29.6. The number of primary amides is 1. The number of benzene rings is 2. The number of nitrogens with two attached hydrogens (primary N) is 1. The van der Waals surface area contributed by atoms with Crippen LogP contribution < -0.4 is 16.4 Å². The highest BCUT2D eigenvalue weighted by atomic mass is 16.6. The van der Waals surface area contributed by atoms with E-state index in [0.717, 1.165) is 5.56 Å². The number of carbonyl (C=O) groups excluding carboxylic acids is 4. The SMILES string of the molecule is C#Cc1ccccc1C(C(=O)NCc1ccccc1)N(CC=C)C(=O)C(CC(N)=O)NC(=O)OC(C)(C)C. The van der Waals surface area contributed by atoms with Crippen molar-refractivity contribution in [3.63, 3.8) is 0 Å². The number of nitrogens with one attached hydrogen (secondary N) is 2. The Morgan fingerprint density at radius 2 is 1.74 bits per heavy atom. The number of terminal acetylenes is 1. The van der Waals surface area contributed by atoms with E-state index in [2.05, 4.69) is 23.1 Å². The molecular formula is C29H34N4O5. The lowest BCUT2D eigenvalue weighted by atomic mass is 9.97. The summed E-state index contributed by atoms with van der Waals surface area (Å²) in [5.74, 6) is 0.478. The number of alkyl carbamates (subject to hydrolysis) is 1. The first-order valence-electron chi connectivity index (χ1n) is 12.0. The van der Waals surface area contributed by atoms with Crippen molar-refractivity contribution in [3.8, 4) is 12.3 Å². The van der Waals surface area contributed by atoms with E-state index in [1.54, 1.807) is 45.0 Å². The molecule has 0 aliphatic carbocycles. The quantitative estimate of drug-likeness (QED) is 0.311.